The summed E-state index contributed by atoms with van der Waals surface area (Å²) < 4.78 is 22.4. The zero-order valence-electron chi connectivity index (χ0n) is 13.2. The average molecular weight is 316 g/mol. The smallest absolute Gasteiger partial charge is 0.193 e. The number of sulfone groups is 1. The molecule has 1 atom stereocenters. The van der Waals surface area contributed by atoms with Crippen molar-refractivity contribution in [2.24, 2.45) is 4.99 Å². The molecule has 0 spiro atoms. The lowest BCUT2D eigenvalue weighted by atomic mass is 10.1. The summed E-state index contributed by atoms with van der Waals surface area (Å²) in [5, 5.41) is 3.17. The van der Waals surface area contributed by atoms with Gasteiger partial charge in [-0.15, -0.1) is 0 Å². The maximum Gasteiger partial charge on any atom is 0.193 e. The zero-order valence-corrected chi connectivity index (χ0v) is 14.0. The van der Waals surface area contributed by atoms with Crippen molar-refractivity contribution in [3.05, 3.63) is 0 Å². The summed E-state index contributed by atoms with van der Waals surface area (Å²) in [4.78, 5) is 9.14. The number of hydrogen-bond acceptors (Lipinski definition) is 4. The molecule has 2 aliphatic heterocycles. The number of hydrogen-bond donors (Lipinski definition) is 1. The minimum atomic E-state index is -2.92. The fourth-order valence-electron chi connectivity index (χ4n) is 3.20. The molecule has 0 aromatic rings. The van der Waals surface area contributed by atoms with Crippen molar-refractivity contribution in [3.8, 4) is 0 Å². The lowest BCUT2D eigenvalue weighted by Crippen LogP contribution is -2.45. The Kier molecular flexibility index (Phi) is 5.87. The standard InChI is InChI=1S/C14H28N4O2S/c1-15-14(16-7-11-21(2,19)20)18-10-6-13(12-18)17-8-4-3-5-9-17/h13H,3-12H2,1-2H3,(H,15,16). The van der Waals surface area contributed by atoms with Crippen molar-refractivity contribution in [2.45, 2.75) is 31.7 Å². The molecule has 0 amide bonds. The van der Waals surface area contributed by atoms with Gasteiger partial charge >= 0.3 is 0 Å². The molecule has 0 aromatic heterocycles. The van der Waals surface area contributed by atoms with E-state index in [-0.39, 0.29) is 5.75 Å². The van der Waals surface area contributed by atoms with Crippen molar-refractivity contribution in [3.63, 3.8) is 0 Å². The monoisotopic (exact) mass is 316 g/mol. The Hall–Kier alpha value is -0.820. The van der Waals surface area contributed by atoms with Crippen LogP contribution in [0.15, 0.2) is 4.99 Å². The first-order valence-corrected chi connectivity index (χ1v) is 9.93. The number of piperidine rings is 1. The van der Waals surface area contributed by atoms with Crippen LogP contribution in [0.25, 0.3) is 0 Å². The minimum Gasteiger partial charge on any atom is -0.355 e. The summed E-state index contributed by atoms with van der Waals surface area (Å²) in [6.07, 6.45) is 6.43. The van der Waals surface area contributed by atoms with E-state index in [1.54, 1.807) is 7.05 Å². The van der Waals surface area contributed by atoms with Crippen LogP contribution in [0.5, 0.6) is 0 Å². The number of nitrogens with one attached hydrogen (secondary N) is 1. The molecule has 6 nitrogen and oxygen atoms in total. The molecule has 0 bridgehead atoms. The van der Waals surface area contributed by atoms with Crippen LogP contribution in [0.4, 0.5) is 0 Å². The van der Waals surface area contributed by atoms with Gasteiger partial charge in [-0.2, -0.15) is 0 Å². The van der Waals surface area contributed by atoms with E-state index in [9.17, 15) is 8.42 Å². The van der Waals surface area contributed by atoms with Crippen molar-refractivity contribution in [1.29, 1.82) is 0 Å². The summed E-state index contributed by atoms with van der Waals surface area (Å²) in [5.74, 6) is 0.980. The van der Waals surface area contributed by atoms with Crippen molar-refractivity contribution in [2.75, 3.05) is 51.8 Å². The highest BCUT2D eigenvalue weighted by Crippen LogP contribution is 2.20. The Bertz CT molecular complexity index is 458. The van der Waals surface area contributed by atoms with E-state index >= 15 is 0 Å². The molecule has 2 aliphatic rings. The molecular weight excluding hydrogens is 288 g/mol. The molecule has 122 valence electrons. The van der Waals surface area contributed by atoms with Gasteiger partial charge in [-0.05, 0) is 32.4 Å². The van der Waals surface area contributed by atoms with Gasteiger partial charge in [0.25, 0.3) is 0 Å². The molecule has 0 aromatic carbocycles. The third-order valence-corrected chi connectivity index (χ3v) is 5.28. The molecule has 1 unspecified atom stereocenters. The van der Waals surface area contributed by atoms with Crippen molar-refractivity contribution < 1.29 is 8.42 Å². The number of nitrogens with zero attached hydrogens (tertiary/aromatic N) is 3. The maximum atomic E-state index is 11.2. The third kappa shape index (κ3) is 5.14. The Morgan fingerprint density at radius 1 is 1.24 bits per heavy atom. The van der Waals surface area contributed by atoms with Gasteiger partial charge in [0.1, 0.15) is 9.84 Å². The van der Waals surface area contributed by atoms with E-state index in [4.69, 9.17) is 0 Å². The molecular formula is C14H28N4O2S. The van der Waals surface area contributed by atoms with E-state index in [1.807, 2.05) is 0 Å². The van der Waals surface area contributed by atoms with E-state index in [2.05, 4.69) is 20.1 Å². The highest BCUT2D eigenvalue weighted by Gasteiger charge is 2.29. The van der Waals surface area contributed by atoms with Crippen LogP contribution in [0, 0.1) is 0 Å². The number of rotatable bonds is 4. The lowest BCUT2D eigenvalue weighted by molar-refractivity contribution is 0.168. The summed E-state index contributed by atoms with van der Waals surface area (Å²) in [6.45, 7) is 4.87. The summed E-state index contributed by atoms with van der Waals surface area (Å²) in [7, 11) is -1.16. The van der Waals surface area contributed by atoms with Gasteiger partial charge in [0.15, 0.2) is 5.96 Å². The number of likely N-dealkylation sites (tertiary alicyclic amines) is 2. The van der Waals surface area contributed by atoms with Crippen LogP contribution in [-0.2, 0) is 9.84 Å². The molecule has 0 radical (unpaired) electrons. The fourth-order valence-corrected chi connectivity index (χ4v) is 3.67. The van der Waals surface area contributed by atoms with Crippen LogP contribution in [0.3, 0.4) is 0 Å². The van der Waals surface area contributed by atoms with Crippen LogP contribution in [0.2, 0.25) is 0 Å². The van der Waals surface area contributed by atoms with Gasteiger partial charge in [-0.3, -0.25) is 9.89 Å². The second-order valence-corrected chi connectivity index (χ2v) is 8.35. The van der Waals surface area contributed by atoms with Crippen LogP contribution >= 0.6 is 0 Å². The molecule has 2 heterocycles. The Morgan fingerprint density at radius 2 is 1.95 bits per heavy atom. The van der Waals surface area contributed by atoms with Gasteiger partial charge in [0.05, 0.1) is 5.75 Å². The maximum absolute atomic E-state index is 11.2. The minimum absolute atomic E-state index is 0.148. The van der Waals surface area contributed by atoms with Crippen molar-refractivity contribution >= 4 is 15.8 Å². The Balaban J connectivity index is 1.80. The highest BCUT2D eigenvalue weighted by atomic mass is 32.2. The topological polar surface area (TPSA) is 65.0 Å². The van der Waals surface area contributed by atoms with Crippen LogP contribution in [0.1, 0.15) is 25.7 Å². The van der Waals surface area contributed by atoms with Gasteiger partial charge in [0.2, 0.25) is 0 Å². The molecule has 2 fully saturated rings. The van der Waals surface area contributed by atoms with Crippen LogP contribution in [-0.4, -0.2) is 82.0 Å². The summed E-state index contributed by atoms with van der Waals surface area (Å²) >= 11 is 0. The molecule has 7 heteroatoms. The average Bonchev–Trinajstić information content (AvgIpc) is 2.93. The molecule has 1 N–H and O–H groups in total. The van der Waals surface area contributed by atoms with Gasteiger partial charge < -0.3 is 10.2 Å². The predicted octanol–water partition coefficient (Wildman–Crippen LogP) is 0.167. The molecule has 0 saturated carbocycles. The van der Waals surface area contributed by atoms with E-state index < -0.39 is 9.84 Å². The first-order chi connectivity index (χ1) is 9.99. The Labute approximate surface area is 128 Å². The summed E-state index contributed by atoms with van der Waals surface area (Å²) in [5.41, 5.74) is 0. The molecule has 2 rings (SSSR count). The largest absolute Gasteiger partial charge is 0.355 e. The van der Waals surface area contributed by atoms with Crippen LogP contribution < -0.4 is 5.32 Å². The first-order valence-electron chi connectivity index (χ1n) is 7.87. The van der Waals surface area contributed by atoms with Gasteiger partial charge in [-0.1, -0.05) is 6.42 Å². The SMILES string of the molecule is CN=C(NCCS(C)(=O)=O)N1CCC(N2CCCCC2)C1. The number of aliphatic imine (C=N–C) groups is 1. The Morgan fingerprint density at radius 3 is 2.57 bits per heavy atom. The zero-order chi connectivity index (χ0) is 15.3. The molecule has 0 aliphatic carbocycles. The molecule has 2 saturated heterocycles. The van der Waals surface area contributed by atoms with Crippen molar-refractivity contribution in [1.82, 2.24) is 15.1 Å². The summed E-state index contributed by atoms with van der Waals surface area (Å²) in [6, 6.07) is 0.624. The van der Waals surface area contributed by atoms with Gasteiger partial charge in [-0.25, -0.2) is 8.42 Å². The fraction of sp³-hybridized carbons (Fsp3) is 0.929. The second kappa shape index (κ2) is 7.45. The predicted molar refractivity (Wildman–Crippen MR) is 86.5 cm³/mol. The second-order valence-electron chi connectivity index (χ2n) is 6.09. The first kappa shape index (κ1) is 16.5. The normalized spacial score (nSPS) is 25.3. The molecule has 21 heavy (non-hydrogen) atoms. The van der Waals surface area contributed by atoms with E-state index in [0.29, 0.717) is 12.6 Å². The third-order valence-electron chi connectivity index (χ3n) is 4.34. The quantitative estimate of drug-likeness (QED) is 0.591. The van der Waals surface area contributed by atoms with Gasteiger partial charge in [0, 0.05) is 39.0 Å². The lowest BCUT2D eigenvalue weighted by Gasteiger charge is -2.32. The highest BCUT2D eigenvalue weighted by molar-refractivity contribution is 7.90. The number of guanidine groups is 1. The van der Waals surface area contributed by atoms with E-state index in [1.165, 1.54) is 45.0 Å². The van der Waals surface area contributed by atoms with E-state index in [0.717, 1.165) is 19.0 Å².